The highest BCUT2D eigenvalue weighted by atomic mass is 19.1. The number of rotatable bonds is 4. The van der Waals surface area contributed by atoms with Crippen LogP contribution in [0.1, 0.15) is 50.1 Å². The Morgan fingerprint density at radius 3 is 2.85 bits per heavy atom. The molecule has 5 rings (SSSR count). The van der Waals surface area contributed by atoms with Crippen LogP contribution in [0, 0.1) is 5.82 Å². The summed E-state index contributed by atoms with van der Waals surface area (Å²) in [5, 5.41) is 16.7. The molecule has 180 valence electrons. The molecular weight excluding hydrogens is 443 g/mol. The minimum atomic E-state index is -0.592. The van der Waals surface area contributed by atoms with E-state index in [0.717, 1.165) is 6.42 Å². The molecule has 4 heterocycles. The summed E-state index contributed by atoms with van der Waals surface area (Å²) in [7, 11) is 1.54. The summed E-state index contributed by atoms with van der Waals surface area (Å²) in [6.07, 6.45) is 7.65. The van der Waals surface area contributed by atoms with Gasteiger partial charge in [-0.2, -0.15) is 5.10 Å². The van der Waals surface area contributed by atoms with Crippen LogP contribution in [0.25, 0.3) is 5.65 Å². The van der Waals surface area contributed by atoms with Gasteiger partial charge in [-0.1, -0.05) is 0 Å². The number of hydrogen-bond donors (Lipinski definition) is 2. The molecule has 2 N–H and O–H groups in total. The largest absolute Gasteiger partial charge is 0.413 e. The van der Waals surface area contributed by atoms with E-state index in [2.05, 4.69) is 15.4 Å². The van der Waals surface area contributed by atoms with Gasteiger partial charge in [-0.15, -0.1) is 0 Å². The number of anilines is 1. The molecule has 2 fully saturated rings. The molecule has 2 aliphatic rings. The van der Waals surface area contributed by atoms with Gasteiger partial charge in [0.2, 0.25) is 5.65 Å². The number of nitrogens with one attached hydrogen (secondary N) is 1. The Hall–Kier alpha value is -3.47. The van der Waals surface area contributed by atoms with E-state index >= 15 is 0 Å². The van der Waals surface area contributed by atoms with E-state index < -0.39 is 11.9 Å². The van der Waals surface area contributed by atoms with Gasteiger partial charge in [0, 0.05) is 37.6 Å². The molecule has 10 nitrogen and oxygen atoms in total. The van der Waals surface area contributed by atoms with Crippen molar-refractivity contribution in [3.63, 3.8) is 0 Å². The molecule has 11 heteroatoms. The average Bonchev–Trinajstić information content (AvgIpc) is 3.45. The number of carbonyl (C=O) groups is 1. The van der Waals surface area contributed by atoms with Gasteiger partial charge in [0.15, 0.2) is 5.75 Å². The third-order valence-electron chi connectivity index (χ3n) is 6.63. The Bertz CT molecular complexity index is 1270. The van der Waals surface area contributed by atoms with E-state index in [9.17, 15) is 19.1 Å². The minimum Gasteiger partial charge on any atom is -0.405 e. The maximum absolute atomic E-state index is 14.0. The van der Waals surface area contributed by atoms with E-state index in [-0.39, 0.29) is 29.5 Å². The maximum atomic E-state index is 14.0. The van der Waals surface area contributed by atoms with E-state index in [4.69, 9.17) is 4.74 Å². The summed E-state index contributed by atoms with van der Waals surface area (Å²) in [5.41, 5.74) is 0.521. The number of aliphatic hydroxyl groups is 1. The first-order valence-electron chi connectivity index (χ1n) is 11.5. The molecule has 3 aromatic heterocycles. The lowest BCUT2D eigenvalue weighted by Crippen LogP contribution is -2.40. The molecule has 34 heavy (non-hydrogen) atoms. The molecule has 0 spiro atoms. The second-order valence-corrected chi connectivity index (χ2v) is 8.98. The lowest BCUT2D eigenvalue weighted by molar-refractivity contribution is 0.115. The Kier molecular flexibility index (Phi) is 5.94. The summed E-state index contributed by atoms with van der Waals surface area (Å²) in [6.45, 7) is 0.659. The first-order chi connectivity index (χ1) is 16.4. The van der Waals surface area contributed by atoms with Gasteiger partial charge in [0.25, 0.3) is 5.56 Å². The summed E-state index contributed by atoms with van der Waals surface area (Å²) >= 11 is 0. The number of aryl methyl sites for hydroxylation is 1. The number of ether oxygens (including phenoxy) is 1. The fourth-order valence-electron chi connectivity index (χ4n) is 4.88. The van der Waals surface area contributed by atoms with Crippen molar-refractivity contribution in [3.8, 4) is 5.75 Å². The van der Waals surface area contributed by atoms with Crippen molar-refractivity contribution in [1.82, 2.24) is 24.5 Å². The lowest BCUT2D eigenvalue weighted by atomic mass is 9.93. The van der Waals surface area contributed by atoms with E-state index in [0.29, 0.717) is 55.7 Å². The van der Waals surface area contributed by atoms with Crippen LogP contribution in [0.15, 0.2) is 35.5 Å². The third-order valence-corrected chi connectivity index (χ3v) is 6.63. The van der Waals surface area contributed by atoms with E-state index in [1.54, 1.807) is 12.3 Å². The summed E-state index contributed by atoms with van der Waals surface area (Å²) < 4.78 is 22.3. The molecule has 1 aliphatic heterocycles. The van der Waals surface area contributed by atoms with Gasteiger partial charge >= 0.3 is 6.09 Å². The molecule has 0 unspecified atom stereocenters. The van der Waals surface area contributed by atoms with Gasteiger partial charge in [0.05, 0.1) is 18.3 Å². The van der Waals surface area contributed by atoms with Crippen LogP contribution in [-0.2, 0) is 7.05 Å². The zero-order valence-electron chi connectivity index (χ0n) is 18.9. The average molecular weight is 471 g/mol. The minimum absolute atomic E-state index is 0.0412. The summed E-state index contributed by atoms with van der Waals surface area (Å²) in [6, 6.07) is 2.73. The Morgan fingerprint density at radius 2 is 2.06 bits per heavy atom. The van der Waals surface area contributed by atoms with Crippen LogP contribution in [0.4, 0.5) is 15.0 Å². The van der Waals surface area contributed by atoms with Crippen molar-refractivity contribution in [2.45, 2.75) is 56.7 Å². The van der Waals surface area contributed by atoms with Gasteiger partial charge in [0.1, 0.15) is 11.6 Å². The monoisotopic (exact) mass is 470 g/mol. The van der Waals surface area contributed by atoms with Crippen LogP contribution in [0.5, 0.6) is 5.75 Å². The number of amides is 1. The van der Waals surface area contributed by atoms with Gasteiger partial charge in [-0.05, 0) is 50.7 Å². The number of aromatic nitrogens is 4. The predicted octanol–water partition coefficient (Wildman–Crippen LogP) is 2.30. The smallest absolute Gasteiger partial charge is 0.405 e. The zero-order valence-corrected chi connectivity index (χ0v) is 18.9. The molecule has 1 saturated heterocycles. The molecule has 1 aliphatic carbocycles. The highest BCUT2D eigenvalue weighted by Gasteiger charge is 2.30. The number of hydrogen-bond acceptors (Lipinski definition) is 7. The quantitative estimate of drug-likeness (QED) is 0.601. The van der Waals surface area contributed by atoms with Gasteiger partial charge < -0.3 is 24.6 Å². The van der Waals surface area contributed by atoms with Crippen LogP contribution in [0.3, 0.4) is 0 Å². The van der Waals surface area contributed by atoms with Crippen molar-refractivity contribution in [2.75, 3.05) is 11.4 Å². The SMILES string of the molecule is Cn1cc(F)cc([C@H]2CCCN2c2ccn3ncc(OC(=O)N[C@H]4CC[C@H](O)CC4)c3n2)c1=O. The third kappa shape index (κ3) is 4.35. The van der Waals surface area contributed by atoms with E-state index in [1.807, 2.05) is 4.90 Å². The predicted molar refractivity (Wildman–Crippen MR) is 121 cm³/mol. The second-order valence-electron chi connectivity index (χ2n) is 8.98. The molecule has 0 radical (unpaired) electrons. The summed E-state index contributed by atoms with van der Waals surface area (Å²) in [4.78, 5) is 31.7. The topological polar surface area (TPSA) is 114 Å². The number of carbonyl (C=O) groups excluding carboxylic acids is 1. The maximum Gasteiger partial charge on any atom is 0.413 e. The van der Waals surface area contributed by atoms with Crippen LogP contribution < -0.4 is 20.5 Å². The number of nitrogens with zero attached hydrogens (tertiary/aromatic N) is 5. The van der Waals surface area contributed by atoms with Gasteiger partial charge in [-0.25, -0.2) is 18.7 Å². The first-order valence-corrected chi connectivity index (χ1v) is 11.5. The van der Waals surface area contributed by atoms with Crippen molar-refractivity contribution >= 4 is 17.6 Å². The molecule has 3 aromatic rings. The van der Waals surface area contributed by atoms with Crippen molar-refractivity contribution in [3.05, 3.63) is 52.5 Å². The Morgan fingerprint density at radius 1 is 1.26 bits per heavy atom. The number of fused-ring (bicyclic) bond motifs is 1. The van der Waals surface area contributed by atoms with Crippen molar-refractivity contribution in [2.24, 2.45) is 7.05 Å². The van der Waals surface area contributed by atoms with Gasteiger partial charge in [-0.3, -0.25) is 4.79 Å². The molecular formula is C23H27FN6O4. The van der Waals surface area contributed by atoms with Crippen LogP contribution >= 0.6 is 0 Å². The van der Waals surface area contributed by atoms with Crippen LogP contribution in [-0.4, -0.2) is 49.1 Å². The van der Waals surface area contributed by atoms with Crippen molar-refractivity contribution in [1.29, 1.82) is 0 Å². The fourth-order valence-corrected chi connectivity index (χ4v) is 4.88. The molecule has 1 amide bonds. The number of pyridine rings is 1. The number of aliphatic hydroxyl groups excluding tert-OH is 1. The lowest BCUT2D eigenvalue weighted by Gasteiger charge is -2.26. The number of halogens is 1. The summed E-state index contributed by atoms with van der Waals surface area (Å²) in [5.74, 6) is 0.346. The fraction of sp³-hybridized carbons (Fsp3) is 0.478. The van der Waals surface area contributed by atoms with Crippen molar-refractivity contribution < 1.29 is 19.0 Å². The Balaban J connectivity index is 1.37. The molecule has 0 bridgehead atoms. The molecule has 1 atom stereocenters. The normalized spacial score (nSPS) is 22.8. The Labute approximate surface area is 195 Å². The zero-order chi connectivity index (χ0) is 23.8. The first kappa shape index (κ1) is 22.3. The molecule has 1 saturated carbocycles. The van der Waals surface area contributed by atoms with Crippen LogP contribution in [0.2, 0.25) is 0 Å². The highest BCUT2D eigenvalue weighted by Crippen LogP contribution is 2.35. The van der Waals surface area contributed by atoms with E-state index in [1.165, 1.54) is 34.6 Å². The second kappa shape index (κ2) is 9.05. The standard InChI is InChI=1S/C23H27FN6O4/c1-28-13-14(24)11-17(22(28)32)18-3-2-9-29(18)20-8-10-30-21(27-20)19(12-25-30)34-23(33)26-15-4-6-16(31)7-5-15/h8,10-13,15-16,18,31H,2-7,9H2,1H3,(H,26,33)/t15-,16-,18-/m1/s1. The highest BCUT2D eigenvalue weighted by molar-refractivity contribution is 5.73. The molecule has 0 aromatic carbocycles.